The fraction of sp³-hybridized carbons (Fsp3) is 0.188. The van der Waals surface area contributed by atoms with Crippen LogP contribution in [0.25, 0.3) is 0 Å². The molecule has 2 aromatic rings. The van der Waals surface area contributed by atoms with Crippen LogP contribution in [-0.4, -0.2) is 25.0 Å². The SMILES string of the molecule is CCOc1cccc(C=Nc2ccc(OC)cc2)c1O. The van der Waals surface area contributed by atoms with Crippen molar-refractivity contribution in [3.63, 3.8) is 0 Å². The number of aromatic hydroxyl groups is 1. The first kappa shape index (κ1) is 13.9. The maximum absolute atomic E-state index is 10.0. The zero-order chi connectivity index (χ0) is 14.4. The number of para-hydroxylation sites is 1. The third kappa shape index (κ3) is 3.29. The molecular formula is C16H17NO3. The normalized spacial score (nSPS) is 10.7. The number of phenolic OH excluding ortho intramolecular Hbond substituents is 1. The Morgan fingerprint density at radius 2 is 1.90 bits per heavy atom. The van der Waals surface area contributed by atoms with E-state index in [2.05, 4.69) is 4.99 Å². The van der Waals surface area contributed by atoms with E-state index in [1.54, 1.807) is 25.5 Å². The minimum atomic E-state index is 0.103. The van der Waals surface area contributed by atoms with E-state index in [1.165, 1.54) is 0 Å². The Hall–Kier alpha value is -2.49. The van der Waals surface area contributed by atoms with Crippen LogP contribution in [0.2, 0.25) is 0 Å². The summed E-state index contributed by atoms with van der Waals surface area (Å²) in [5.41, 5.74) is 1.40. The van der Waals surface area contributed by atoms with Crippen molar-refractivity contribution in [2.75, 3.05) is 13.7 Å². The minimum Gasteiger partial charge on any atom is -0.504 e. The van der Waals surface area contributed by atoms with Crippen LogP contribution in [-0.2, 0) is 0 Å². The van der Waals surface area contributed by atoms with Gasteiger partial charge in [-0.15, -0.1) is 0 Å². The molecular weight excluding hydrogens is 254 g/mol. The van der Waals surface area contributed by atoms with Gasteiger partial charge in [-0.05, 0) is 43.3 Å². The van der Waals surface area contributed by atoms with E-state index < -0.39 is 0 Å². The van der Waals surface area contributed by atoms with E-state index in [0.717, 1.165) is 11.4 Å². The number of ether oxygens (including phenoxy) is 2. The van der Waals surface area contributed by atoms with Crippen molar-refractivity contribution in [1.29, 1.82) is 0 Å². The van der Waals surface area contributed by atoms with E-state index in [1.807, 2.05) is 37.3 Å². The van der Waals surface area contributed by atoms with Crippen molar-refractivity contribution >= 4 is 11.9 Å². The van der Waals surface area contributed by atoms with Gasteiger partial charge < -0.3 is 14.6 Å². The van der Waals surface area contributed by atoms with Crippen LogP contribution < -0.4 is 9.47 Å². The van der Waals surface area contributed by atoms with Crippen LogP contribution in [0.5, 0.6) is 17.2 Å². The van der Waals surface area contributed by atoms with Crippen molar-refractivity contribution in [3.8, 4) is 17.2 Å². The Labute approximate surface area is 118 Å². The Kier molecular flexibility index (Phi) is 4.60. The molecule has 4 nitrogen and oxygen atoms in total. The molecule has 0 heterocycles. The third-order valence-electron chi connectivity index (χ3n) is 2.76. The average molecular weight is 271 g/mol. The van der Waals surface area contributed by atoms with Crippen LogP contribution >= 0.6 is 0 Å². The highest BCUT2D eigenvalue weighted by molar-refractivity contribution is 5.86. The summed E-state index contributed by atoms with van der Waals surface area (Å²) < 4.78 is 10.4. The fourth-order valence-electron chi connectivity index (χ4n) is 1.73. The summed E-state index contributed by atoms with van der Waals surface area (Å²) in [6.07, 6.45) is 1.61. The molecule has 0 amide bonds. The van der Waals surface area contributed by atoms with E-state index in [4.69, 9.17) is 9.47 Å². The van der Waals surface area contributed by atoms with Gasteiger partial charge in [0, 0.05) is 11.8 Å². The highest BCUT2D eigenvalue weighted by Gasteiger charge is 2.05. The fourth-order valence-corrected chi connectivity index (χ4v) is 1.73. The number of nitrogens with zero attached hydrogens (tertiary/aromatic N) is 1. The summed E-state index contributed by atoms with van der Waals surface area (Å²) in [5.74, 6) is 1.35. The van der Waals surface area contributed by atoms with Crippen molar-refractivity contribution < 1.29 is 14.6 Å². The van der Waals surface area contributed by atoms with E-state index in [9.17, 15) is 5.11 Å². The zero-order valence-electron chi connectivity index (χ0n) is 11.5. The Balaban J connectivity index is 2.20. The summed E-state index contributed by atoms with van der Waals surface area (Å²) in [4.78, 5) is 4.32. The second-order valence-corrected chi connectivity index (χ2v) is 4.08. The zero-order valence-corrected chi connectivity index (χ0v) is 11.5. The van der Waals surface area contributed by atoms with Gasteiger partial charge >= 0.3 is 0 Å². The van der Waals surface area contributed by atoms with Crippen molar-refractivity contribution in [3.05, 3.63) is 48.0 Å². The van der Waals surface area contributed by atoms with E-state index >= 15 is 0 Å². The predicted molar refractivity (Wildman–Crippen MR) is 79.5 cm³/mol. The second kappa shape index (κ2) is 6.61. The molecule has 0 saturated heterocycles. The molecule has 4 heteroatoms. The quantitative estimate of drug-likeness (QED) is 0.846. The van der Waals surface area contributed by atoms with Gasteiger partial charge in [0.05, 0.1) is 19.4 Å². The molecule has 0 aliphatic rings. The third-order valence-corrected chi connectivity index (χ3v) is 2.76. The topological polar surface area (TPSA) is 51.0 Å². The molecule has 20 heavy (non-hydrogen) atoms. The van der Waals surface area contributed by atoms with E-state index in [0.29, 0.717) is 17.9 Å². The van der Waals surface area contributed by atoms with Crippen LogP contribution in [0.3, 0.4) is 0 Å². The number of phenols is 1. The van der Waals surface area contributed by atoms with E-state index in [-0.39, 0.29) is 5.75 Å². The van der Waals surface area contributed by atoms with Crippen molar-refractivity contribution in [2.24, 2.45) is 4.99 Å². The van der Waals surface area contributed by atoms with Crippen LogP contribution in [0.1, 0.15) is 12.5 Å². The number of aliphatic imine (C=N–C) groups is 1. The minimum absolute atomic E-state index is 0.103. The summed E-state index contributed by atoms with van der Waals surface area (Å²) in [6, 6.07) is 12.7. The van der Waals surface area contributed by atoms with Crippen LogP contribution in [0.15, 0.2) is 47.5 Å². The maximum Gasteiger partial charge on any atom is 0.166 e. The van der Waals surface area contributed by atoms with Gasteiger partial charge in [0.2, 0.25) is 0 Å². The van der Waals surface area contributed by atoms with Crippen LogP contribution in [0.4, 0.5) is 5.69 Å². The van der Waals surface area contributed by atoms with Gasteiger partial charge in [0.15, 0.2) is 11.5 Å². The molecule has 0 saturated carbocycles. The number of hydrogen-bond acceptors (Lipinski definition) is 4. The predicted octanol–water partition coefficient (Wildman–Crippen LogP) is 3.55. The Morgan fingerprint density at radius 3 is 2.55 bits per heavy atom. The highest BCUT2D eigenvalue weighted by Crippen LogP contribution is 2.29. The summed E-state index contributed by atoms with van der Waals surface area (Å²) in [6.45, 7) is 2.38. The number of rotatable bonds is 5. The smallest absolute Gasteiger partial charge is 0.166 e. The molecule has 0 aliphatic heterocycles. The lowest BCUT2D eigenvalue weighted by Crippen LogP contribution is -1.93. The molecule has 0 bridgehead atoms. The lowest BCUT2D eigenvalue weighted by molar-refractivity contribution is 0.318. The van der Waals surface area contributed by atoms with Crippen molar-refractivity contribution in [2.45, 2.75) is 6.92 Å². The maximum atomic E-state index is 10.0. The van der Waals surface area contributed by atoms with Crippen molar-refractivity contribution in [1.82, 2.24) is 0 Å². The number of hydrogen-bond donors (Lipinski definition) is 1. The summed E-state index contributed by atoms with van der Waals surface area (Å²) in [5, 5.41) is 10.0. The standard InChI is InChI=1S/C16H17NO3/c1-3-20-15-6-4-5-12(16(15)18)11-17-13-7-9-14(19-2)10-8-13/h4-11,18H,3H2,1-2H3. The molecule has 1 N–H and O–H groups in total. The molecule has 2 aromatic carbocycles. The Bertz CT molecular complexity index is 591. The van der Waals surface area contributed by atoms with Gasteiger partial charge in [-0.2, -0.15) is 0 Å². The largest absolute Gasteiger partial charge is 0.504 e. The second-order valence-electron chi connectivity index (χ2n) is 4.08. The molecule has 0 aromatic heterocycles. The molecule has 0 fully saturated rings. The molecule has 0 unspecified atom stereocenters. The highest BCUT2D eigenvalue weighted by atomic mass is 16.5. The van der Waals surface area contributed by atoms with Gasteiger partial charge in [0.1, 0.15) is 5.75 Å². The molecule has 2 rings (SSSR count). The number of methoxy groups -OCH3 is 1. The lowest BCUT2D eigenvalue weighted by Gasteiger charge is -2.07. The monoisotopic (exact) mass is 271 g/mol. The molecule has 0 radical (unpaired) electrons. The molecule has 104 valence electrons. The first-order valence-corrected chi connectivity index (χ1v) is 6.37. The average Bonchev–Trinajstić information content (AvgIpc) is 2.49. The van der Waals surface area contributed by atoms with Gasteiger partial charge in [-0.1, -0.05) is 6.07 Å². The summed E-state index contributed by atoms with van der Waals surface area (Å²) >= 11 is 0. The molecule has 0 spiro atoms. The van der Waals surface area contributed by atoms with Gasteiger partial charge in [0.25, 0.3) is 0 Å². The molecule has 0 atom stereocenters. The van der Waals surface area contributed by atoms with Crippen LogP contribution in [0, 0.1) is 0 Å². The summed E-state index contributed by atoms with van der Waals surface area (Å²) in [7, 11) is 1.62. The first-order valence-electron chi connectivity index (χ1n) is 6.37. The van der Waals surface area contributed by atoms with Gasteiger partial charge in [-0.3, -0.25) is 4.99 Å². The Morgan fingerprint density at radius 1 is 1.15 bits per heavy atom. The first-order chi connectivity index (χ1) is 9.74. The lowest BCUT2D eigenvalue weighted by atomic mass is 10.2. The molecule has 0 aliphatic carbocycles. The number of benzene rings is 2. The van der Waals surface area contributed by atoms with Gasteiger partial charge in [-0.25, -0.2) is 0 Å².